The number of aryl methyl sites for hydroxylation is 1. The zero-order valence-corrected chi connectivity index (χ0v) is 13.9. The molecule has 0 fully saturated rings. The van der Waals surface area contributed by atoms with Crippen LogP contribution in [0.2, 0.25) is 0 Å². The molecule has 2 aromatic carbocycles. The van der Waals surface area contributed by atoms with Gasteiger partial charge in [0.1, 0.15) is 17.5 Å². The lowest BCUT2D eigenvalue weighted by Crippen LogP contribution is -2.01. The summed E-state index contributed by atoms with van der Waals surface area (Å²) in [6.07, 6.45) is 0.537. The normalized spacial score (nSPS) is 12.4. The van der Waals surface area contributed by atoms with Gasteiger partial charge in [0.25, 0.3) is 0 Å². The highest BCUT2D eigenvalue weighted by Gasteiger charge is 2.23. The first-order valence-corrected chi connectivity index (χ1v) is 7.86. The van der Waals surface area contributed by atoms with E-state index in [4.69, 9.17) is 0 Å². The van der Waals surface area contributed by atoms with Crippen LogP contribution in [0.3, 0.4) is 0 Å². The summed E-state index contributed by atoms with van der Waals surface area (Å²) in [6, 6.07) is 5.97. The SMILES string of the molecule is CC=CCCc1ccc(-c2cc(F)c(C=CC(F)(F)F)c(F)c2)c(F)c1. The molecule has 0 spiro atoms. The van der Waals surface area contributed by atoms with Gasteiger partial charge in [0, 0.05) is 17.2 Å². The molecule has 2 rings (SSSR count). The molecule has 0 bridgehead atoms. The van der Waals surface area contributed by atoms with Crippen LogP contribution in [0.4, 0.5) is 26.3 Å². The van der Waals surface area contributed by atoms with Crippen molar-refractivity contribution in [1.82, 2.24) is 0 Å². The van der Waals surface area contributed by atoms with Crippen molar-refractivity contribution >= 4 is 6.08 Å². The number of hydrogen-bond donors (Lipinski definition) is 0. The molecule has 0 radical (unpaired) electrons. The van der Waals surface area contributed by atoms with Gasteiger partial charge >= 0.3 is 6.18 Å². The molecule has 0 nitrogen and oxygen atoms in total. The van der Waals surface area contributed by atoms with E-state index in [1.54, 1.807) is 6.07 Å². The summed E-state index contributed by atoms with van der Waals surface area (Å²) in [5.41, 5.74) is -0.199. The summed E-state index contributed by atoms with van der Waals surface area (Å²) in [4.78, 5) is 0. The predicted octanol–water partition coefficient (Wildman–Crippen LogP) is 6.86. The minimum Gasteiger partial charge on any atom is -0.206 e. The Bertz CT molecular complexity index is 808. The molecule has 6 heteroatoms. The van der Waals surface area contributed by atoms with Crippen LogP contribution in [0.15, 0.2) is 48.6 Å². The maximum absolute atomic E-state index is 14.3. The van der Waals surface area contributed by atoms with E-state index < -0.39 is 29.2 Å². The van der Waals surface area contributed by atoms with Gasteiger partial charge in [0.05, 0.1) is 0 Å². The number of benzene rings is 2. The van der Waals surface area contributed by atoms with Crippen molar-refractivity contribution in [3.05, 3.63) is 77.1 Å². The third kappa shape index (κ3) is 5.25. The van der Waals surface area contributed by atoms with Crippen molar-refractivity contribution in [2.45, 2.75) is 25.9 Å². The molecule has 0 saturated heterocycles. The van der Waals surface area contributed by atoms with Crippen LogP contribution in [0, 0.1) is 17.5 Å². The van der Waals surface area contributed by atoms with Gasteiger partial charge in [0.2, 0.25) is 0 Å². The summed E-state index contributed by atoms with van der Waals surface area (Å²) < 4.78 is 78.8. The van der Waals surface area contributed by atoms with Crippen LogP contribution in [-0.4, -0.2) is 6.18 Å². The van der Waals surface area contributed by atoms with Crippen LogP contribution in [0.1, 0.15) is 24.5 Å². The molecule has 0 amide bonds. The summed E-state index contributed by atoms with van der Waals surface area (Å²) in [7, 11) is 0. The van der Waals surface area contributed by atoms with E-state index in [1.807, 2.05) is 19.1 Å². The highest BCUT2D eigenvalue weighted by Crippen LogP contribution is 2.29. The van der Waals surface area contributed by atoms with Gasteiger partial charge in [-0.25, -0.2) is 13.2 Å². The summed E-state index contributed by atoms with van der Waals surface area (Å²) in [6.45, 7) is 1.88. The second-order valence-electron chi connectivity index (χ2n) is 5.65. The largest absolute Gasteiger partial charge is 0.409 e. The van der Waals surface area contributed by atoms with E-state index in [9.17, 15) is 26.3 Å². The lowest BCUT2D eigenvalue weighted by atomic mass is 9.99. The zero-order valence-electron chi connectivity index (χ0n) is 13.9. The molecular weight excluding hydrogens is 354 g/mol. The minimum absolute atomic E-state index is 0.0241. The van der Waals surface area contributed by atoms with Crippen molar-refractivity contribution in [2.24, 2.45) is 0 Å². The van der Waals surface area contributed by atoms with Crippen molar-refractivity contribution in [3.8, 4) is 11.1 Å². The fraction of sp³-hybridized carbons (Fsp3) is 0.200. The van der Waals surface area contributed by atoms with Crippen LogP contribution >= 0.6 is 0 Å². The van der Waals surface area contributed by atoms with Gasteiger partial charge in [-0.1, -0.05) is 24.3 Å². The highest BCUT2D eigenvalue weighted by molar-refractivity contribution is 5.67. The summed E-state index contributed by atoms with van der Waals surface area (Å²) >= 11 is 0. The molecular formula is C20H16F6. The van der Waals surface area contributed by atoms with E-state index in [0.717, 1.165) is 24.1 Å². The summed E-state index contributed by atoms with van der Waals surface area (Å²) in [5.74, 6) is -3.05. The Labute approximate surface area is 147 Å². The molecule has 0 unspecified atom stereocenters. The zero-order chi connectivity index (χ0) is 19.3. The van der Waals surface area contributed by atoms with E-state index in [2.05, 4.69) is 0 Å². The Kier molecular flexibility index (Phi) is 6.29. The maximum Gasteiger partial charge on any atom is 0.409 e. The van der Waals surface area contributed by atoms with Crippen molar-refractivity contribution in [2.75, 3.05) is 0 Å². The minimum atomic E-state index is -4.69. The Morgan fingerprint density at radius 3 is 2.12 bits per heavy atom. The van der Waals surface area contributed by atoms with Gasteiger partial charge in [-0.05, 0) is 55.2 Å². The maximum atomic E-state index is 14.3. The van der Waals surface area contributed by atoms with Gasteiger partial charge in [-0.2, -0.15) is 13.2 Å². The first-order valence-electron chi connectivity index (χ1n) is 7.86. The fourth-order valence-electron chi connectivity index (χ4n) is 2.44. The number of rotatable bonds is 5. The Balaban J connectivity index is 2.33. The lowest BCUT2D eigenvalue weighted by Gasteiger charge is -2.09. The molecule has 0 saturated carbocycles. The van der Waals surface area contributed by atoms with Crippen LogP contribution < -0.4 is 0 Å². The second-order valence-corrected chi connectivity index (χ2v) is 5.65. The molecule has 2 aromatic rings. The van der Waals surface area contributed by atoms with Gasteiger partial charge < -0.3 is 0 Å². The van der Waals surface area contributed by atoms with E-state index in [0.29, 0.717) is 12.5 Å². The topological polar surface area (TPSA) is 0 Å². The molecule has 0 aliphatic rings. The monoisotopic (exact) mass is 370 g/mol. The van der Waals surface area contributed by atoms with Crippen molar-refractivity contribution in [3.63, 3.8) is 0 Å². The number of halogens is 6. The standard InChI is InChI=1S/C20H16F6/c1-2-3-4-5-13-6-7-15(17(21)10-13)14-11-18(22)16(19(23)12-14)8-9-20(24,25)26/h2-3,6-12H,4-5H2,1H3. The molecule has 0 aromatic heterocycles. The first-order chi connectivity index (χ1) is 12.2. The van der Waals surface area contributed by atoms with Gasteiger partial charge in [-0.3, -0.25) is 0 Å². The Morgan fingerprint density at radius 1 is 0.923 bits per heavy atom. The van der Waals surface area contributed by atoms with E-state index >= 15 is 0 Å². The number of alkyl halides is 3. The van der Waals surface area contributed by atoms with E-state index in [1.165, 1.54) is 12.1 Å². The Hall–Kier alpha value is -2.50. The van der Waals surface area contributed by atoms with E-state index in [-0.39, 0.29) is 17.2 Å². The van der Waals surface area contributed by atoms with Crippen molar-refractivity contribution < 1.29 is 26.3 Å². The number of hydrogen-bond acceptors (Lipinski definition) is 0. The molecule has 0 heterocycles. The van der Waals surface area contributed by atoms with Crippen LogP contribution in [0.5, 0.6) is 0 Å². The molecule has 0 aliphatic heterocycles. The number of allylic oxidation sites excluding steroid dienone is 3. The van der Waals surface area contributed by atoms with Crippen molar-refractivity contribution in [1.29, 1.82) is 0 Å². The fourth-order valence-corrected chi connectivity index (χ4v) is 2.44. The van der Waals surface area contributed by atoms with Crippen LogP contribution in [0.25, 0.3) is 17.2 Å². The average molecular weight is 370 g/mol. The quantitative estimate of drug-likeness (QED) is 0.399. The Morgan fingerprint density at radius 2 is 1.58 bits per heavy atom. The molecule has 138 valence electrons. The predicted molar refractivity (Wildman–Crippen MR) is 90.0 cm³/mol. The lowest BCUT2D eigenvalue weighted by molar-refractivity contribution is -0.0790. The van der Waals surface area contributed by atoms with Gasteiger partial charge in [0.15, 0.2) is 0 Å². The third-order valence-corrected chi connectivity index (χ3v) is 3.70. The average Bonchev–Trinajstić information content (AvgIpc) is 2.53. The van der Waals surface area contributed by atoms with Gasteiger partial charge in [-0.15, -0.1) is 0 Å². The smallest absolute Gasteiger partial charge is 0.206 e. The molecule has 26 heavy (non-hydrogen) atoms. The first kappa shape index (κ1) is 19.8. The second kappa shape index (κ2) is 8.25. The highest BCUT2D eigenvalue weighted by atomic mass is 19.4. The molecule has 0 aliphatic carbocycles. The third-order valence-electron chi connectivity index (χ3n) is 3.70. The molecule has 0 atom stereocenters. The van der Waals surface area contributed by atoms with Crippen LogP contribution in [-0.2, 0) is 6.42 Å². The molecule has 0 N–H and O–H groups in total. The summed E-state index contributed by atoms with van der Waals surface area (Å²) in [5, 5.41) is 0.